The molecule has 1 atom stereocenters. The van der Waals surface area contributed by atoms with Crippen molar-refractivity contribution in [2.24, 2.45) is 0 Å². The van der Waals surface area contributed by atoms with E-state index in [2.05, 4.69) is 52.0 Å². The Labute approximate surface area is 151 Å². The standard InChI is InChI=1S/C21H20N2OS/c24-21(17-8-2-1-3-9-17)22-15-19(20-11-6-14-25-20)23-13-12-16-7-4-5-10-18(16)23/h1-11,14,19H,12-13,15H2,(H,22,24)/t19-/m1/s1. The molecule has 1 amide bonds. The smallest absolute Gasteiger partial charge is 0.251 e. The molecule has 3 nitrogen and oxygen atoms in total. The van der Waals surface area contributed by atoms with Gasteiger partial charge in [-0.1, -0.05) is 42.5 Å². The summed E-state index contributed by atoms with van der Waals surface area (Å²) >= 11 is 1.75. The van der Waals surface area contributed by atoms with Gasteiger partial charge in [-0.2, -0.15) is 0 Å². The largest absolute Gasteiger partial charge is 0.361 e. The van der Waals surface area contributed by atoms with Crippen molar-refractivity contribution >= 4 is 22.9 Å². The third-order valence-corrected chi connectivity index (χ3v) is 5.64. The van der Waals surface area contributed by atoms with Crippen LogP contribution in [0, 0.1) is 0 Å². The summed E-state index contributed by atoms with van der Waals surface area (Å²) < 4.78 is 0. The summed E-state index contributed by atoms with van der Waals surface area (Å²) in [6, 6.07) is 22.4. The zero-order valence-corrected chi connectivity index (χ0v) is 14.7. The van der Waals surface area contributed by atoms with Crippen LogP contribution in [-0.2, 0) is 6.42 Å². The van der Waals surface area contributed by atoms with E-state index >= 15 is 0 Å². The molecule has 2 heterocycles. The van der Waals surface area contributed by atoms with Gasteiger partial charge in [0.2, 0.25) is 0 Å². The summed E-state index contributed by atoms with van der Waals surface area (Å²) in [6.07, 6.45) is 1.06. The molecule has 1 aliphatic rings. The fourth-order valence-electron chi connectivity index (χ4n) is 3.41. The van der Waals surface area contributed by atoms with Gasteiger partial charge in [-0.05, 0) is 41.6 Å². The Morgan fingerprint density at radius 2 is 1.84 bits per heavy atom. The average molecular weight is 348 g/mol. The maximum Gasteiger partial charge on any atom is 0.251 e. The molecule has 2 aromatic carbocycles. The van der Waals surface area contributed by atoms with Gasteiger partial charge in [-0.15, -0.1) is 11.3 Å². The van der Waals surface area contributed by atoms with Gasteiger partial charge in [0.15, 0.2) is 0 Å². The SMILES string of the molecule is O=C(NC[C@H](c1cccs1)N1CCc2ccccc21)c1ccccc1. The highest BCUT2D eigenvalue weighted by Gasteiger charge is 2.28. The molecule has 0 radical (unpaired) electrons. The molecule has 0 bridgehead atoms. The molecule has 4 heteroatoms. The van der Waals surface area contributed by atoms with E-state index in [1.54, 1.807) is 11.3 Å². The minimum Gasteiger partial charge on any atom is -0.361 e. The molecule has 0 saturated carbocycles. The van der Waals surface area contributed by atoms with Crippen molar-refractivity contribution < 1.29 is 4.79 Å². The molecule has 1 N–H and O–H groups in total. The summed E-state index contributed by atoms with van der Waals surface area (Å²) in [5.41, 5.74) is 3.38. The first-order valence-corrected chi connectivity index (χ1v) is 9.42. The number of fused-ring (bicyclic) bond motifs is 1. The number of carbonyl (C=O) groups is 1. The number of para-hydroxylation sites is 1. The number of benzene rings is 2. The topological polar surface area (TPSA) is 32.3 Å². The molecule has 1 aliphatic heterocycles. The van der Waals surface area contributed by atoms with E-state index in [1.165, 1.54) is 16.1 Å². The van der Waals surface area contributed by atoms with Crippen molar-refractivity contribution in [3.8, 4) is 0 Å². The van der Waals surface area contributed by atoms with E-state index in [0.29, 0.717) is 12.1 Å². The van der Waals surface area contributed by atoms with E-state index in [-0.39, 0.29) is 11.9 Å². The van der Waals surface area contributed by atoms with Crippen molar-refractivity contribution in [2.75, 3.05) is 18.0 Å². The Kier molecular flexibility index (Phi) is 4.53. The first-order chi connectivity index (χ1) is 12.3. The van der Waals surface area contributed by atoms with E-state index in [0.717, 1.165) is 13.0 Å². The van der Waals surface area contributed by atoms with Crippen LogP contribution in [0.4, 0.5) is 5.69 Å². The monoisotopic (exact) mass is 348 g/mol. The molecule has 1 aromatic heterocycles. The minimum atomic E-state index is -0.0189. The molecule has 0 aliphatic carbocycles. The number of hydrogen-bond donors (Lipinski definition) is 1. The van der Waals surface area contributed by atoms with Gasteiger partial charge >= 0.3 is 0 Å². The van der Waals surface area contributed by atoms with Gasteiger partial charge in [0.1, 0.15) is 0 Å². The predicted octanol–water partition coefficient (Wildman–Crippen LogP) is 4.28. The fourth-order valence-corrected chi connectivity index (χ4v) is 4.25. The van der Waals surface area contributed by atoms with Gasteiger partial charge in [0, 0.05) is 29.2 Å². The molecule has 4 rings (SSSR count). The van der Waals surface area contributed by atoms with Crippen LogP contribution < -0.4 is 10.2 Å². The molecule has 0 saturated heterocycles. The summed E-state index contributed by atoms with van der Waals surface area (Å²) in [4.78, 5) is 16.2. The highest BCUT2D eigenvalue weighted by molar-refractivity contribution is 7.10. The first-order valence-electron chi connectivity index (χ1n) is 8.54. The third kappa shape index (κ3) is 3.30. The number of rotatable bonds is 5. The second kappa shape index (κ2) is 7.11. The molecular formula is C21H20N2OS. The lowest BCUT2D eigenvalue weighted by molar-refractivity contribution is 0.0951. The van der Waals surface area contributed by atoms with Crippen molar-refractivity contribution in [3.63, 3.8) is 0 Å². The number of amides is 1. The Morgan fingerprint density at radius 3 is 2.64 bits per heavy atom. The molecule has 0 fully saturated rings. The zero-order valence-electron chi connectivity index (χ0n) is 13.9. The van der Waals surface area contributed by atoms with E-state index < -0.39 is 0 Å². The zero-order chi connectivity index (χ0) is 17.1. The van der Waals surface area contributed by atoms with Gasteiger partial charge in [0.25, 0.3) is 5.91 Å². The predicted molar refractivity (Wildman–Crippen MR) is 103 cm³/mol. The van der Waals surface area contributed by atoms with Gasteiger partial charge in [0.05, 0.1) is 6.04 Å². The summed E-state index contributed by atoms with van der Waals surface area (Å²) in [5, 5.41) is 5.22. The van der Waals surface area contributed by atoms with Gasteiger partial charge in [-0.25, -0.2) is 0 Å². The van der Waals surface area contributed by atoms with Crippen LogP contribution >= 0.6 is 11.3 Å². The summed E-state index contributed by atoms with van der Waals surface area (Å²) in [5.74, 6) is -0.0189. The maximum absolute atomic E-state index is 12.5. The highest BCUT2D eigenvalue weighted by atomic mass is 32.1. The lowest BCUT2D eigenvalue weighted by atomic mass is 10.1. The second-order valence-electron chi connectivity index (χ2n) is 6.18. The van der Waals surface area contributed by atoms with Crippen molar-refractivity contribution in [3.05, 3.63) is 88.1 Å². The molecule has 0 unspecified atom stereocenters. The molecule has 0 spiro atoms. The molecule has 3 aromatic rings. The maximum atomic E-state index is 12.5. The van der Waals surface area contributed by atoms with Crippen molar-refractivity contribution in [2.45, 2.75) is 12.5 Å². The van der Waals surface area contributed by atoms with E-state index in [4.69, 9.17) is 0 Å². The molecule has 126 valence electrons. The number of thiophene rings is 1. The highest BCUT2D eigenvalue weighted by Crippen LogP contribution is 2.36. The van der Waals surface area contributed by atoms with Crippen LogP contribution in [0.3, 0.4) is 0 Å². The molecule has 25 heavy (non-hydrogen) atoms. The average Bonchev–Trinajstić information content (AvgIpc) is 3.33. The lowest BCUT2D eigenvalue weighted by Gasteiger charge is -2.30. The Morgan fingerprint density at radius 1 is 1.04 bits per heavy atom. The Hall–Kier alpha value is -2.59. The number of nitrogens with one attached hydrogen (secondary N) is 1. The van der Waals surface area contributed by atoms with Crippen LogP contribution in [0.2, 0.25) is 0 Å². The second-order valence-corrected chi connectivity index (χ2v) is 7.16. The number of nitrogens with zero attached hydrogens (tertiary/aromatic N) is 1. The third-order valence-electron chi connectivity index (χ3n) is 4.66. The molecular weight excluding hydrogens is 328 g/mol. The van der Waals surface area contributed by atoms with Crippen LogP contribution in [0.1, 0.15) is 26.8 Å². The Bertz CT molecular complexity index is 845. The quantitative estimate of drug-likeness (QED) is 0.746. The van der Waals surface area contributed by atoms with Gasteiger partial charge < -0.3 is 10.2 Å². The summed E-state index contributed by atoms with van der Waals surface area (Å²) in [7, 11) is 0. The van der Waals surface area contributed by atoms with Crippen molar-refractivity contribution in [1.82, 2.24) is 5.32 Å². The number of anilines is 1. The van der Waals surface area contributed by atoms with Crippen LogP contribution in [0.15, 0.2) is 72.1 Å². The van der Waals surface area contributed by atoms with Gasteiger partial charge in [-0.3, -0.25) is 4.79 Å². The summed E-state index contributed by atoms with van der Waals surface area (Å²) in [6.45, 7) is 1.59. The van der Waals surface area contributed by atoms with E-state index in [1.807, 2.05) is 30.3 Å². The fraction of sp³-hybridized carbons (Fsp3) is 0.190. The minimum absolute atomic E-state index is 0.0189. The van der Waals surface area contributed by atoms with E-state index in [9.17, 15) is 4.79 Å². The normalized spacial score (nSPS) is 14.2. The van der Waals surface area contributed by atoms with Crippen LogP contribution in [0.5, 0.6) is 0 Å². The van der Waals surface area contributed by atoms with Crippen molar-refractivity contribution in [1.29, 1.82) is 0 Å². The Balaban J connectivity index is 1.55. The van der Waals surface area contributed by atoms with Crippen LogP contribution in [-0.4, -0.2) is 19.0 Å². The first kappa shape index (κ1) is 15.9. The number of carbonyl (C=O) groups excluding carboxylic acids is 1. The number of hydrogen-bond acceptors (Lipinski definition) is 3. The lowest BCUT2D eigenvalue weighted by Crippen LogP contribution is -2.37. The van der Waals surface area contributed by atoms with Crippen LogP contribution in [0.25, 0.3) is 0 Å².